The summed E-state index contributed by atoms with van der Waals surface area (Å²) < 4.78 is 10.3. The molecule has 25 heavy (non-hydrogen) atoms. The second-order valence-electron chi connectivity index (χ2n) is 5.49. The van der Waals surface area contributed by atoms with Gasteiger partial charge < -0.3 is 20.5 Å². The number of ether oxygens (including phenoxy) is 2. The minimum absolute atomic E-state index is 0. The Balaban J connectivity index is 0.00000288. The number of morpholine rings is 1. The predicted molar refractivity (Wildman–Crippen MR) is 104 cm³/mol. The molecule has 1 saturated heterocycles. The molecular weight excluding hydrogens is 389 g/mol. The van der Waals surface area contributed by atoms with Crippen molar-refractivity contribution >= 4 is 42.3 Å². The van der Waals surface area contributed by atoms with E-state index in [4.69, 9.17) is 26.8 Å². The zero-order valence-corrected chi connectivity index (χ0v) is 16.5. The summed E-state index contributed by atoms with van der Waals surface area (Å²) in [7, 11) is 1.52. The highest BCUT2D eigenvalue weighted by molar-refractivity contribution is 6.31. The summed E-state index contributed by atoms with van der Waals surface area (Å²) in [5.74, 6) is -0.225. The highest BCUT2D eigenvalue weighted by Gasteiger charge is 2.25. The molecule has 144 valence electrons. The van der Waals surface area contributed by atoms with Gasteiger partial charge in [-0.2, -0.15) is 0 Å². The summed E-state index contributed by atoms with van der Waals surface area (Å²) >= 11 is 6.35. The standard InChI is InChI=1S/C16H24ClN3O3.2ClH/c1-22-11-14(18)16(21)19-10-15(20-6-8-23-9-7-20)12-4-2-3-5-13(12)17;;/h2-5,14-15H,6-11,18H2,1H3,(H,19,21);2*1H. The van der Waals surface area contributed by atoms with Gasteiger partial charge in [-0.25, -0.2) is 0 Å². The zero-order valence-electron chi connectivity index (χ0n) is 14.2. The molecule has 0 aliphatic carbocycles. The second-order valence-corrected chi connectivity index (χ2v) is 5.90. The Morgan fingerprint density at radius 1 is 1.36 bits per heavy atom. The van der Waals surface area contributed by atoms with Crippen molar-refractivity contribution in [2.24, 2.45) is 5.73 Å². The van der Waals surface area contributed by atoms with Gasteiger partial charge in [0, 0.05) is 31.8 Å². The SMILES string of the molecule is COCC(N)C(=O)NCC(c1ccccc1Cl)N1CCOCC1.Cl.Cl. The first-order chi connectivity index (χ1) is 11.1. The van der Waals surface area contributed by atoms with Crippen LogP contribution < -0.4 is 11.1 Å². The van der Waals surface area contributed by atoms with E-state index in [2.05, 4.69) is 10.2 Å². The van der Waals surface area contributed by atoms with Crippen LogP contribution >= 0.6 is 36.4 Å². The highest BCUT2D eigenvalue weighted by atomic mass is 35.5. The molecule has 1 aliphatic rings. The van der Waals surface area contributed by atoms with Crippen LogP contribution in [0, 0.1) is 0 Å². The Morgan fingerprint density at radius 2 is 2.00 bits per heavy atom. The summed E-state index contributed by atoms with van der Waals surface area (Å²) in [6.45, 7) is 3.60. The molecule has 9 heteroatoms. The third kappa shape index (κ3) is 7.27. The molecule has 6 nitrogen and oxygen atoms in total. The van der Waals surface area contributed by atoms with E-state index in [0.717, 1.165) is 18.7 Å². The van der Waals surface area contributed by atoms with Gasteiger partial charge in [0.25, 0.3) is 0 Å². The summed E-state index contributed by atoms with van der Waals surface area (Å²) in [6, 6.07) is 7.03. The fraction of sp³-hybridized carbons (Fsp3) is 0.562. The summed E-state index contributed by atoms with van der Waals surface area (Å²) in [5.41, 5.74) is 6.76. The molecule has 1 aromatic carbocycles. The lowest BCUT2D eigenvalue weighted by Crippen LogP contribution is -2.48. The summed E-state index contributed by atoms with van der Waals surface area (Å²) in [6.07, 6.45) is 0. The molecule has 1 aliphatic heterocycles. The van der Waals surface area contributed by atoms with Gasteiger partial charge in [-0.3, -0.25) is 9.69 Å². The maximum atomic E-state index is 12.0. The molecule has 2 unspecified atom stereocenters. The Morgan fingerprint density at radius 3 is 2.60 bits per heavy atom. The lowest BCUT2D eigenvalue weighted by Gasteiger charge is -2.35. The van der Waals surface area contributed by atoms with Gasteiger partial charge in [0.2, 0.25) is 5.91 Å². The number of amides is 1. The van der Waals surface area contributed by atoms with Crippen LogP contribution in [0.5, 0.6) is 0 Å². The number of halogens is 3. The quantitative estimate of drug-likeness (QED) is 0.709. The Hall–Kier alpha value is -0.600. The molecule has 0 bridgehead atoms. The number of rotatable bonds is 7. The molecule has 1 amide bonds. The normalized spacial score (nSPS) is 16.9. The van der Waals surface area contributed by atoms with Crippen LogP contribution in [-0.2, 0) is 14.3 Å². The van der Waals surface area contributed by atoms with Crippen LogP contribution in [-0.4, -0.2) is 63.4 Å². The van der Waals surface area contributed by atoms with E-state index in [1.165, 1.54) is 7.11 Å². The van der Waals surface area contributed by atoms with Crippen LogP contribution in [0.4, 0.5) is 0 Å². The molecule has 1 fully saturated rings. The van der Waals surface area contributed by atoms with Crippen LogP contribution in [0.1, 0.15) is 11.6 Å². The minimum Gasteiger partial charge on any atom is -0.383 e. The predicted octanol–water partition coefficient (Wildman–Crippen LogP) is 1.65. The topological polar surface area (TPSA) is 76.8 Å². The molecule has 0 radical (unpaired) electrons. The largest absolute Gasteiger partial charge is 0.383 e. The second kappa shape index (κ2) is 12.7. The number of nitrogens with one attached hydrogen (secondary N) is 1. The first-order valence-corrected chi connectivity index (χ1v) is 8.09. The Labute approximate surface area is 166 Å². The van der Waals surface area contributed by atoms with Crippen LogP contribution in [0.2, 0.25) is 5.02 Å². The highest BCUT2D eigenvalue weighted by Crippen LogP contribution is 2.27. The van der Waals surface area contributed by atoms with Crippen molar-refractivity contribution in [3.05, 3.63) is 34.9 Å². The molecule has 0 spiro atoms. The van der Waals surface area contributed by atoms with E-state index in [-0.39, 0.29) is 43.4 Å². The van der Waals surface area contributed by atoms with Crippen LogP contribution in [0.25, 0.3) is 0 Å². The third-order valence-corrected chi connectivity index (χ3v) is 4.25. The molecule has 0 saturated carbocycles. The van der Waals surface area contributed by atoms with Gasteiger partial charge in [-0.1, -0.05) is 29.8 Å². The molecule has 2 atom stereocenters. The summed E-state index contributed by atoms with van der Waals surface area (Å²) in [5, 5.41) is 3.60. The van der Waals surface area contributed by atoms with Gasteiger partial charge in [0.05, 0.1) is 25.9 Å². The number of carbonyl (C=O) groups excluding carboxylic acids is 1. The summed E-state index contributed by atoms with van der Waals surface area (Å²) in [4.78, 5) is 14.3. The molecule has 2 rings (SSSR count). The van der Waals surface area contributed by atoms with Gasteiger partial charge >= 0.3 is 0 Å². The number of hydrogen-bond acceptors (Lipinski definition) is 5. The zero-order chi connectivity index (χ0) is 16.7. The maximum Gasteiger partial charge on any atom is 0.239 e. The number of hydrogen-bond donors (Lipinski definition) is 2. The average molecular weight is 415 g/mol. The first-order valence-electron chi connectivity index (χ1n) is 7.72. The van der Waals surface area contributed by atoms with Crippen molar-refractivity contribution in [2.75, 3.05) is 46.6 Å². The number of carbonyl (C=O) groups is 1. The fourth-order valence-electron chi connectivity index (χ4n) is 2.65. The van der Waals surface area contributed by atoms with Crippen LogP contribution in [0.3, 0.4) is 0 Å². The van der Waals surface area contributed by atoms with E-state index in [1.807, 2.05) is 24.3 Å². The Kier molecular flexibility index (Phi) is 12.4. The molecule has 1 heterocycles. The average Bonchev–Trinajstić information content (AvgIpc) is 2.57. The monoisotopic (exact) mass is 413 g/mol. The molecule has 0 aromatic heterocycles. The fourth-order valence-corrected chi connectivity index (χ4v) is 2.92. The van der Waals surface area contributed by atoms with Gasteiger partial charge in [0.1, 0.15) is 6.04 Å². The maximum absolute atomic E-state index is 12.0. The van der Waals surface area contributed by atoms with Crippen molar-refractivity contribution in [1.29, 1.82) is 0 Å². The van der Waals surface area contributed by atoms with Crippen molar-refractivity contribution in [3.8, 4) is 0 Å². The third-order valence-electron chi connectivity index (χ3n) is 3.90. The molecule has 3 N–H and O–H groups in total. The molecule has 1 aromatic rings. The Bertz CT molecular complexity index is 516. The van der Waals surface area contributed by atoms with E-state index in [0.29, 0.717) is 24.8 Å². The number of nitrogens with zero attached hydrogens (tertiary/aromatic N) is 1. The van der Waals surface area contributed by atoms with E-state index in [9.17, 15) is 4.79 Å². The van der Waals surface area contributed by atoms with E-state index in [1.54, 1.807) is 0 Å². The number of benzene rings is 1. The van der Waals surface area contributed by atoms with Crippen LogP contribution in [0.15, 0.2) is 24.3 Å². The lowest BCUT2D eigenvalue weighted by atomic mass is 10.0. The number of methoxy groups -OCH3 is 1. The number of nitrogens with two attached hydrogens (primary N) is 1. The van der Waals surface area contributed by atoms with Crippen molar-refractivity contribution in [2.45, 2.75) is 12.1 Å². The first kappa shape index (κ1) is 24.4. The van der Waals surface area contributed by atoms with Crippen molar-refractivity contribution < 1.29 is 14.3 Å². The van der Waals surface area contributed by atoms with Crippen molar-refractivity contribution in [3.63, 3.8) is 0 Å². The smallest absolute Gasteiger partial charge is 0.239 e. The lowest BCUT2D eigenvalue weighted by molar-refractivity contribution is -0.123. The van der Waals surface area contributed by atoms with Gasteiger partial charge in [0.15, 0.2) is 0 Å². The van der Waals surface area contributed by atoms with Gasteiger partial charge in [-0.15, -0.1) is 24.8 Å². The van der Waals surface area contributed by atoms with Crippen molar-refractivity contribution in [1.82, 2.24) is 10.2 Å². The van der Waals surface area contributed by atoms with Gasteiger partial charge in [-0.05, 0) is 11.6 Å². The van der Waals surface area contributed by atoms with E-state index >= 15 is 0 Å². The molecular formula is C16H26Cl3N3O3. The minimum atomic E-state index is -0.670. The van der Waals surface area contributed by atoms with E-state index < -0.39 is 6.04 Å².